The van der Waals surface area contributed by atoms with Crippen LogP contribution in [0.25, 0.3) is 0 Å². The van der Waals surface area contributed by atoms with Gasteiger partial charge in [-0.3, -0.25) is 14.5 Å². The molecule has 1 saturated heterocycles. The first-order chi connectivity index (χ1) is 21.7. The summed E-state index contributed by atoms with van der Waals surface area (Å²) in [5.41, 5.74) is 5.13. The molecular weight excluding hydrogens is 590 g/mol. The van der Waals surface area contributed by atoms with E-state index in [0.717, 1.165) is 57.0 Å². The second kappa shape index (κ2) is 17.2. The molecule has 45 heavy (non-hydrogen) atoms. The van der Waals surface area contributed by atoms with Gasteiger partial charge in [-0.05, 0) is 42.0 Å². The van der Waals surface area contributed by atoms with Crippen LogP contribution in [0, 0.1) is 0 Å². The quantitative estimate of drug-likeness (QED) is 0.226. The second-order valence-electron chi connectivity index (χ2n) is 11.7. The molecule has 1 aromatic heterocycles. The summed E-state index contributed by atoms with van der Waals surface area (Å²) in [5.74, 6) is -0.494. The number of aliphatic imine (C=N–C) groups is 1. The number of aliphatic hydroxyl groups excluding tert-OH is 1. The van der Waals surface area contributed by atoms with Crippen molar-refractivity contribution in [3.63, 3.8) is 0 Å². The number of fused-ring (bicyclic) bond motifs is 2. The van der Waals surface area contributed by atoms with Crippen LogP contribution >= 0.6 is 11.3 Å². The average Bonchev–Trinajstić information content (AvgIpc) is 3.39. The fourth-order valence-electron chi connectivity index (χ4n) is 5.61. The van der Waals surface area contributed by atoms with Crippen LogP contribution in [0.3, 0.4) is 0 Å². The summed E-state index contributed by atoms with van der Waals surface area (Å²) in [5, 5.41) is 24.9. The minimum atomic E-state index is -1.08. The number of thiophene rings is 1. The number of carboxylic acid groups (broad SMARTS) is 2. The molecule has 0 spiro atoms. The van der Waals surface area contributed by atoms with Crippen LogP contribution in [0.4, 0.5) is 5.69 Å². The lowest BCUT2D eigenvalue weighted by molar-refractivity contribution is -0.143. The molecule has 2 aromatic carbocycles. The van der Waals surface area contributed by atoms with Crippen molar-refractivity contribution in [2.24, 2.45) is 4.99 Å². The lowest BCUT2D eigenvalue weighted by atomic mass is 10.0. The number of hydrogen-bond donors (Lipinski definition) is 3. The van der Waals surface area contributed by atoms with Gasteiger partial charge in [0.15, 0.2) is 0 Å². The Bertz CT molecular complexity index is 1410. The van der Waals surface area contributed by atoms with Crippen molar-refractivity contribution < 1.29 is 29.6 Å². The largest absolute Gasteiger partial charge is 0.481 e. The summed E-state index contributed by atoms with van der Waals surface area (Å²) in [6.07, 6.45) is 2.52. The predicted molar refractivity (Wildman–Crippen MR) is 178 cm³/mol. The SMILES string of the molecule is CC(C)c1cc2c(s1)Cc1ccccc1N=C2N1CCN(CCOCCO)[C@@H](CCc2ccccc2)C1.O=C(O)CCC(=O)O. The Morgan fingerprint density at radius 3 is 2.40 bits per heavy atom. The molecule has 0 aliphatic carbocycles. The smallest absolute Gasteiger partial charge is 0.303 e. The normalized spacial score (nSPS) is 16.2. The zero-order chi connectivity index (χ0) is 32.2. The fourth-order valence-corrected chi connectivity index (χ4v) is 6.79. The number of carboxylic acids is 2. The number of ether oxygens (including phenoxy) is 1. The van der Waals surface area contributed by atoms with E-state index in [1.807, 2.05) is 11.3 Å². The van der Waals surface area contributed by atoms with Crippen molar-refractivity contribution in [1.29, 1.82) is 0 Å². The Morgan fingerprint density at radius 2 is 1.71 bits per heavy atom. The summed E-state index contributed by atoms with van der Waals surface area (Å²) >= 11 is 1.96. The highest BCUT2D eigenvalue weighted by Gasteiger charge is 2.31. The Kier molecular flexibility index (Phi) is 13.1. The molecule has 1 atom stereocenters. The highest BCUT2D eigenvalue weighted by molar-refractivity contribution is 7.12. The standard InChI is InChI=1S/C31H39N3O2S.C4H6O4/c1-23(2)29-21-27-30(37-29)20-25-10-6-7-11-28(25)32-31(27)34-15-14-33(16-18-36-19-17-35)26(22-34)13-12-24-8-4-3-5-9-24;5-3(6)1-2-4(7)8/h3-11,21,23,26,35H,12-20,22H2,1-2H3;1-2H2,(H,5,6)(H,7,8)/t26-;/m0./s1. The van der Waals surface area contributed by atoms with Gasteiger partial charge < -0.3 is 25.0 Å². The Labute approximate surface area is 269 Å². The number of benzene rings is 2. The maximum absolute atomic E-state index is 9.64. The monoisotopic (exact) mass is 635 g/mol. The van der Waals surface area contributed by atoms with E-state index in [1.165, 1.54) is 26.4 Å². The number of nitrogens with zero attached hydrogens (tertiary/aromatic N) is 3. The molecule has 0 amide bonds. The van der Waals surface area contributed by atoms with Gasteiger partial charge in [0, 0.05) is 54.0 Å². The van der Waals surface area contributed by atoms with E-state index in [9.17, 15) is 9.59 Å². The number of aliphatic carboxylic acids is 2. The van der Waals surface area contributed by atoms with Crippen molar-refractivity contribution >= 4 is 34.8 Å². The van der Waals surface area contributed by atoms with Gasteiger partial charge in [-0.15, -0.1) is 11.3 Å². The number of hydrogen-bond acceptors (Lipinski definition) is 8. The van der Waals surface area contributed by atoms with E-state index in [0.29, 0.717) is 25.2 Å². The van der Waals surface area contributed by atoms with Crippen molar-refractivity contribution in [1.82, 2.24) is 9.80 Å². The number of amidine groups is 1. The molecule has 10 heteroatoms. The van der Waals surface area contributed by atoms with Crippen LogP contribution < -0.4 is 0 Å². The summed E-state index contributed by atoms with van der Waals surface area (Å²) in [6, 6.07) is 22.3. The average molecular weight is 636 g/mol. The number of aryl methyl sites for hydroxylation is 1. The maximum atomic E-state index is 9.64. The number of piperazine rings is 1. The summed E-state index contributed by atoms with van der Waals surface area (Å²) < 4.78 is 5.64. The number of rotatable bonds is 12. The first-order valence-electron chi connectivity index (χ1n) is 15.7. The van der Waals surface area contributed by atoms with Gasteiger partial charge in [0.05, 0.1) is 38.3 Å². The summed E-state index contributed by atoms with van der Waals surface area (Å²) in [6.45, 7) is 9.50. The second-order valence-corrected chi connectivity index (χ2v) is 12.8. The number of carbonyl (C=O) groups is 2. The highest BCUT2D eigenvalue weighted by atomic mass is 32.1. The van der Waals surface area contributed by atoms with E-state index in [-0.39, 0.29) is 19.4 Å². The van der Waals surface area contributed by atoms with E-state index >= 15 is 0 Å². The molecule has 1 fully saturated rings. The van der Waals surface area contributed by atoms with Crippen molar-refractivity contribution in [2.75, 3.05) is 46.0 Å². The zero-order valence-corrected chi connectivity index (χ0v) is 27.0. The molecule has 2 aliphatic rings. The third-order valence-electron chi connectivity index (χ3n) is 8.03. The summed E-state index contributed by atoms with van der Waals surface area (Å²) in [7, 11) is 0. The Balaban J connectivity index is 0.000000510. The van der Waals surface area contributed by atoms with Gasteiger partial charge in [0.1, 0.15) is 5.84 Å². The fraction of sp³-hybridized carbons (Fsp3) is 0.457. The minimum absolute atomic E-state index is 0.0772. The van der Waals surface area contributed by atoms with Crippen molar-refractivity contribution in [2.45, 2.75) is 57.9 Å². The van der Waals surface area contributed by atoms with Crippen LogP contribution in [0.1, 0.15) is 65.5 Å². The van der Waals surface area contributed by atoms with Crippen LogP contribution in [0.15, 0.2) is 65.7 Å². The lowest BCUT2D eigenvalue weighted by Gasteiger charge is -2.43. The topological polar surface area (TPSA) is 123 Å². The molecule has 3 heterocycles. The van der Waals surface area contributed by atoms with Crippen LogP contribution in [-0.2, 0) is 27.2 Å². The van der Waals surface area contributed by atoms with Gasteiger partial charge in [-0.25, -0.2) is 4.99 Å². The first-order valence-corrected chi connectivity index (χ1v) is 16.5. The number of aliphatic hydroxyl groups is 1. The number of para-hydroxylation sites is 1. The molecular formula is C35H45N3O6S. The molecule has 0 unspecified atom stereocenters. The van der Waals surface area contributed by atoms with E-state index in [1.54, 1.807) is 0 Å². The Hall–Kier alpha value is -3.57. The minimum Gasteiger partial charge on any atom is -0.481 e. The molecule has 0 saturated carbocycles. The van der Waals surface area contributed by atoms with E-state index in [2.05, 4.69) is 84.3 Å². The molecule has 0 bridgehead atoms. The molecule has 242 valence electrons. The van der Waals surface area contributed by atoms with E-state index < -0.39 is 11.9 Å². The zero-order valence-electron chi connectivity index (χ0n) is 26.2. The van der Waals surface area contributed by atoms with E-state index in [4.69, 9.17) is 25.0 Å². The maximum Gasteiger partial charge on any atom is 0.303 e. The van der Waals surface area contributed by atoms with Crippen LogP contribution in [-0.4, -0.2) is 94.9 Å². The molecule has 2 aliphatic heterocycles. The predicted octanol–water partition coefficient (Wildman–Crippen LogP) is 5.42. The lowest BCUT2D eigenvalue weighted by Crippen LogP contribution is -2.55. The summed E-state index contributed by atoms with van der Waals surface area (Å²) in [4.78, 5) is 32.6. The molecule has 3 N–H and O–H groups in total. The molecule has 5 rings (SSSR count). The van der Waals surface area contributed by atoms with Crippen LogP contribution in [0.2, 0.25) is 0 Å². The molecule has 9 nitrogen and oxygen atoms in total. The third kappa shape index (κ3) is 10.2. The van der Waals surface area contributed by atoms with Crippen molar-refractivity contribution in [3.05, 3.63) is 87.1 Å². The highest BCUT2D eigenvalue weighted by Crippen LogP contribution is 2.37. The van der Waals surface area contributed by atoms with Gasteiger partial charge >= 0.3 is 11.9 Å². The molecule has 3 aromatic rings. The first kappa shape index (κ1) is 34.3. The van der Waals surface area contributed by atoms with Crippen molar-refractivity contribution in [3.8, 4) is 0 Å². The van der Waals surface area contributed by atoms with Gasteiger partial charge in [0.25, 0.3) is 0 Å². The molecule has 0 radical (unpaired) electrons. The van der Waals surface area contributed by atoms with Crippen LogP contribution in [0.5, 0.6) is 0 Å². The van der Waals surface area contributed by atoms with Gasteiger partial charge in [0.2, 0.25) is 0 Å². The van der Waals surface area contributed by atoms with Gasteiger partial charge in [-0.2, -0.15) is 0 Å². The van der Waals surface area contributed by atoms with Gasteiger partial charge in [-0.1, -0.05) is 62.4 Å². The third-order valence-corrected chi connectivity index (χ3v) is 9.47. The Morgan fingerprint density at radius 1 is 1.00 bits per heavy atom.